The predicted molar refractivity (Wildman–Crippen MR) is 94.6 cm³/mol. The summed E-state index contributed by atoms with van der Waals surface area (Å²) in [7, 11) is 0. The van der Waals surface area contributed by atoms with E-state index in [1.807, 2.05) is 18.2 Å². The van der Waals surface area contributed by atoms with Gasteiger partial charge in [0.05, 0.1) is 17.3 Å². The van der Waals surface area contributed by atoms with Gasteiger partial charge in [0.1, 0.15) is 12.1 Å². The van der Waals surface area contributed by atoms with Crippen molar-refractivity contribution in [1.29, 1.82) is 5.26 Å². The van der Waals surface area contributed by atoms with E-state index >= 15 is 0 Å². The van der Waals surface area contributed by atoms with Crippen molar-refractivity contribution >= 4 is 5.82 Å². The lowest BCUT2D eigenvalue weighted by atomic mass is 10.1. The molecule has 0 saturated heterocycles. The Labute approximate surface area is 143 Å². The van der Waals surface area contributed by atoms with Gasteiger partial charge < -0.3 is 5.32 Å². The Morgan fingerprint density at radius 2 is 2.08 bits per heavy atom. The van der Waals surface area contributed by atoms with E-state index in [0.717, 1.165) is 49.6 Å². The van der Waals surface area contributed by atoms with Gasteiger partial charge in [0.25, 0.3) is 0 Å². The highest BCUT2D eigenvalue weighted by atomic mass is 15.1. The van der Waals surface area contributed by atoms with Crippen LogP contribution in [0.3, 0.4) is 0 Å². The second kappa shape index (κ2) is 7.41. The maximum atomic E-state index is 9.05. The minimum atomic E-state index is 0.358. The Morgan fingerprint density at radius 1 is 1.25 bits per heavy atom. The van der Waals surface area contributed by atoms with Crippen LogP contribution in [-0.2, 0) is 19.4 Å². The van der Waals surface area contributed by atoms with Crippen molar-refractivity contribution in [2.45, 2.75) is 39.3 Å². The number of anilines is 1. The Kier molecular flexibility index (Phi) is 5.07. The first-order valence-corrected chi connectivity index (χ1v) is 8.46. The van der Waals surface area contributed by atoms with Crippen LogP contribution in [0.25, 0.3) is 0 Å². The summed E-state index contributed by atoms with van der Waals surface area (Å²) < 4.78 is 0. The van der Waals surface area contributed by atoms with Crippen molar-refractivity contribution in [2.75, 3.05) is 18.4 Å². The summed E-state index contributed by atoms with van der Waals surface area (Å²) in [6, 6.07) is 10.4. The molecule has 2 aromatic rings. The van der Waals surface area contributed by atoms with Crippen LogP contribution in [0.15, 0.2) is 30.6 Å². The lowest BCUT2D eigenvalue weighted by molar-refractivity contribution is 0.279. The van der Waals surface area contributed by atoms with E-state index in [9.17, 15) is 0 Å². The highest BCUT2D eigenvalue weighted by molar-refractivity contribution is 5.47. The molecule has 124 valence electrons. The average molecular weight is 321 g/mol. The number of nitrogens with zero attached hydrogens (tertiary/aromatic N) is 4. The van der Waals surface area contributed by atoms with E-state index in [4.69, 9.17) is 5.26 Å². The summed E-state index contributed by atoms with van der Waals surface area (Å²) in [5.41, 5.74) is 4.31. The van der Waals surface area contributed by atoms with Crippen molar-refractivity contribution in [3.05, 3.63) is 53.0 Å². The fourth-order valence-corrected chi connectivity index (χ4v) is 3.13. The standard InChI is InChI=1S/C19H23N5/c1-14(2)23-19-17-6-8-24(9-7-18(17)21-13-22-19)12-16-5-3-4-15(10-16)11-20/h3-5,10,13-14H,6-9,12H2,1-2H3,(H,21,22,23). The Bertz CT molecular complexity index is 748. The van der Waals surface area contributed by atoms with Gasteiger partial charge in [-0.15, -0.1) is 0 Å². The molecule has 0 radical (unpaired) electrons. The highest BCUT2D eigenvalue weighted by Crippen LogP contribution is 2.22. The summed E-state index contributed by atoms with van der Waals surface area (Å²) in [6.45, 7) is 7.06. The van der Waals surface area contributed by atoms with Crippen LogP contribution < -0.4 is 5.32 Å². The first kappa shape index (κ1) is 16.4. The number of hydrogen-bond acceptors (Lipinski definition) is 5. The van der Waals surface area contributed by atoms with Gasteiger partial charge in [-0.2, -0.15) is 5.26 Å². The van der Waals surface area contributed by atoms with E-state index in [2.05, 4.69) is 46.2 Å². The van der Waals surface area contributed by atoms with Crippen LogP contribution in [0.5, 0.6) is 0 Å². The molecule has 0 saturated carbocycles. The smallest absolute Gasteiger partial charge is 0.133 e. The molecule has 3 rings (SSSR count). The molecule has 1 aromatic carbocycles. The second-order valence-corrected chi connectivity index (χ2v) is 6.53. The van der Waals surface area contributed by atoms with Crippen LogP contribution in [0.2, 0.25) is 0 Å². The van der Waals surface area contributed by atoms with Gasteiger partial charge in [-0.1, -0.05) is 12.1 Å². The highest BCUT2D eigenvalue weighted by Gasteiger charge is 2.19. The van der Waals surface area contributed by atoms with Gasteiger partial charge in [0, 0.05) is 37.7 Å². The first-order valence-electron chi connectivity index (χ1n) is 8.46. The van der Waals surface area contributed by atoms with Crippen LogP contribution in [0, 0.1) is 11.3 Å². The SMILES string of the molecule is CC(C)Nc1ncnc2c1CCN(Cc1cccc(C#N)c1)CC2. The number of nitriles is 1. The minimum Gasteiger partial charge on any atom is -0.368 e. The summed E-state index contributed by atoms with van der Waals surface area (Å²) in [5.74, 6) is 0.975. The molecule has 2 heterocycles. The molecule has 0 atom stereocenters. The van der Waals surface area contributed by atoms with Crippen molar-refractivity contribution in [2.24, 2.45) is 0 Å². The fraction of sp³-hybridized carbons (Fsp3) is 0.421. The summed E-state index contributed by atoms with van der Waals surface area (Å²) in [4.78, 5) is 11.4. The van der Waals surface area contributed by atoms with Gasteiger partial charge in [-0.25, -0.2) is 9.97 Å². The molecule has 1 aliphatic heterocycles. The number of benzene rings is 1. The predicted octanol–water partition coefficient (Wildman–Crippen LogP) is 2.77. The van der Waals surface area contributed by atoms with E-state index in [-0.39, 0.29) is 0 Å². The lowest BCUT2D eigenvalue weighted by Crippen LogP contribution is -2.26. The molecule has 5 heteroatoms. The van der Waals surface area contributed by atoms with Crippen LogP contribution in [-0.4, -0.2) is 34.0 Å². The fourth-order valence-electron chi connectivity index (χ4n) is 3.13. The molecule has 5 nitrogen and oxygen atoms in total. The van der Waals surface area contributed by atoms with E-state index in [1.54, 1.807) is 6.33 Å². The third-order valence-corrected chi connectivity index (χ3v) is 4.27. The molecule has 1 aromatic heterocycles. The van der Waals surface area contributed by atoms with Crippen LogP contribution in [0.1, 0.15) is 36.2 Å². The quantitative estimate of drug-likeness (QED) is 0.938. The number of fused-ring (bicyclic) bond motifs is 1. The maximum Gasteiger partial charge on any atom is 0.133 e. The van der Waals surface area contributed by atoms with E-state index < -0.39 is 0 Å². The number of hydrogen-bond donors (Lipinski definition) is 1. The zero-order valence-electron chi connectivity index (χ0n) is 14.3. The maximum absolute atomic E-state index is 9.05. The monoisotopic (exact) mass is 321 g/mol. The molecule has 0 amide bonds. The topological polar surface area (TPSA) is 64.8 Å². The van der Waals surface area contributed by atoms with Crippen LogP contribution in [0.4, 0.5) is 5.82 Å². The van der Waals surface area contributed by atoms with Crippen molar-refractivity contribution in [3.8, 4) is 6.07 Å². The third-order valence-electron chi connectivity index (χ3n) is 4.27. The molecule has 0 bridgehead atoms. The Balaban J connectivity index is 1.72. The Morgan fingerprint density at radius 3 is 2.88 bits per heavy atom. The molecular weight excluding hydrogens is 298 g/mol. The summed E-state index contributed by atoms with van der Waals surface area (Å²) >= 11 is 0. The molecule has 0 spiro atoms. The van der Waals surface area contributed by atoms with Gasteiger partial charge >= 0.3 is 0 Å². The summed E-state index contributed by atoms with van der Waals surface area (Å²) in [5, 5.41) is 12.5. The minimum absolute atomic E-state index is 0.358. The van der Waals surface area contributed by atoms with E-state index in [0.29, 0.717) is 6.04 Å². The van der Waals surface area contributed by atoms with Crippen LogP contribution >= 0.6 is 0 Å². The molecule has 0 fully saturated rings. The molecule has 1 N–H and O–H groups in total. The summed E-state index contributed by atoms with van der Waals surface area (Å²) in [6.07, 6.45) is 3.54. The van der Waals surface area contributed by atoms with Crippen molar-refractivity contribution < 1.29 is 0 Å². The largest absolute Gasteiger partial charge is 0.368 e. The average Bonchev–Trinajstić information content (AvgIpc) is 2.78. The van der Waals surface area contributed by atoms with Crippen molar-refractivity contribution in [3.63, 3.8) is 0 Å². The van der Waals surface area contributed by atoms with Gasteiger partial charge in [-0.3, -0.25) is 4.90 Å². The third kappa shape index (κ3) is 3.90. The normalized spacial score (nSPS) is 14.8. The van der Waals surface area contributed by atoms with Gasteiger partial charge in [0.15, 0.2) is 0 Å². The molecular formula is C19H23N5. The first-order chi connectivity index (χ1) is 11.7. The zero-order valence-corrected chi connectivity index (χ0v) is 14.3. The molecule has 0 aliphatic carbocycles. The zero-order chi connectivity index (χ0) is 16.9. The molecule has 1 aliphatic rings. The lowest BCUT2D eigenvalue weighted by Gasteiger charge is -2.19. The van der Waals surface area contributed by atoms with E-state index in [1.165, 1.54) is 11.1 Å². The number of nitrogens with one attached hydrogen (secondary N) is 1. The number of rotatable bonds is 4. The van der Waals surface area contributed by atoms with Gasteiger partial charge in [0.2, 0.25) is 0 Å². The van der Waals surface area contributed by atoms with Gasteiger partial charge in [-0.05, 0) is 38.0 Å². The molecule has 0 unspecified atom stereocenters. The van der Waals surface area contributed by atoms with Crippen molar-refractivity contribution in [1.82, 2.24) is 14.9 Å². The number of aromatic nitrogens is 2. The second-order valence-electron chi connectivity index (χ2n) is 6.53. The Hall–Kier alpha value is -2.45. The molecule has 24 heavy (non-hydrogen) atoms.